The number of benzene rings is 1. The number of carbonyl (C=O) groups excluding carboxylic acids is 1. The van der Waals surface area contributed by atoms with Crippen LogP contribution < -0.4 is 5.32 Å². The summed E-state index contributed by atoms with van der Waals surface area (Å²) in [6.45, 7) is 11.5. The average molecular weight is 502 g/mol. The number of piperazine rings is 1. The van der Waals surface area contributed by atoms with Gasteiger partial charge in [0.2, 0.25) is 11.7 Å². The number of anilines is 1. The highest BCUT2D eigenvalue weighted by atomic mass is 16.5. The maximum Gasteiger partial charge on any atom is 0.345 e. The predicted octanol–water partition coefficient (Wildman–Crippen LogP) is 3.75. The number of ketones is 1. The molecule has 1 fully saturated rings. The fourth-order valence-corrected chi connectivity index (χ4v) is 4.83. The van der Waals surface area contributed by atoms with Crippen LogP contribution in [0, 0.1) is 6.92 Å². The molecular formula is C28H31N5O4. The van der Waals surface area contributed by atoms with Gasteiger partial charge < -0.3 is 20.1 Å². The number of H-pyrrole nitrogens is 1. The molecule has 0 unspecified atom stereocenters. The first-order valence-corrected chi connectivity index (χ1v) is 12.5. The van der Waals surface area contributed by atoms with Crippen LogP contribution in [0.4, 0.5) is 5.69 Å². The number of rotatable bonds is 7. The van der Waals surface area contributed by atoms with Gasteiger partial charge >= 0.3 is 5.97 Å². The number of ether oxygens (including phenoxy) is 1. The highest BCUT2D eigenvalue weighted by molar-refractivity contribution is 6.26. The van der Waals surface area contributed by atoms with Crippen molar-refractivity contribution in [2.24, 2.45) is 0 Å². The van der Waals surface area contributed by atoms with Crippen LogP contribution in [0.1, 0.15) is 30.5 Å². The van der Waals surface area contributed by atoms with Crippen LogP contribution in [0.25, 0.3) is 17.1 Å². The minimum Gasteiger partial charge on any atom is -0.477 e. The lowest BCUT2D eigenvalue weighted by Crippen LogP contribution is -2.48. The van der Waals surface area contributed by atoms with E-state index >= 15 is 0 Å². The minimum absolute atomic E-state index is 0.0560. The van der Waals surface area contributed by atoms with Gasteiger partial charge in [-0.2, -0.15) is 0 Å². The number of carboxylic acids is 1. The molecule has 1 aromatic carbocycles. The van der Waals surface area contributed by atoms with Crippen molar-refractivity contribution in [3.63, 3.8) is 0 Å². The first kappa shape index (κ1) is 24.7. The quantitative estimate of drug-likeness (QED) is 0.332. The largest absolute Gasteiger partial charge is 0.477 e. The number of pyridine rings is 1. The summed E-state index contributed by atoms with van der Waals surface area (Å²) in [7, 11) is 0. The summed E-state index contributed by atoms with van der Waals surface area (Å²) in [6.07, 6.45) is 4.91. The summed E-state index contributed by atoms with van der Waals surface area (Å²) < 4.78 is 5.76. The van der Waals surface area contributed by atoms with E-state index in [1.165, 1.54) is 11.6 Å². The predicted molar refractivity (Wildman–Crippen MR) is 142 cm³/mol. The lowest BCUT2D eigenvalue weighted by atomic mass is 10.1. The van der Waals surface area contributed by atoms with E-state index in [0.717, 1.165) is 43.7 Å². The Morgan fingerprint density at radius 2 is 2.03 bits per heavy atom. The van der Waals surface area contributed by atoms with Crippen LogP contribution in [0.15, 0.2) is 59.9 Å². The number of aryl methyl sites for hydroxylation is 1. The number of carbonyl (C=O) groups is 2. The molecule has 2 aliphatic heterocycles. The molecule has 0 aliphatic carbocycles. The molecule has 2 aliphatic rings. The molecule has 0 radical (unpaired) electrons. The zero-order chi connectivity index (χ0) is 26.1. The molecule has 3 aromatic rings. The van der Waals surface area contributed by atoms with Gasteiger partial charge in [0.05, 0.1) is 0 Å². The van der Waals surface area contributed by atoms with Crippen LogP contribution in [-0.2, 0) is 20.9 Å². The number of hydrogen-bond donors (Lipinski definition) is 3. The van der Waals surface area contributed by atoms with Crippen molar-refractivity contribution >= 4 is 34.5 Å². The molecule has 9 heteroatoms. The second kappa shape index (κ2) is 10.2. The first-order chi connectivity index (χ1) is 17.8. The summed E-state index contributed by atoms with van der Waals surface area (Å²) >= 11 is 0. The van der Waals surface area contributed by atoms with E-state index in [2.05, 4.69) is 45.0 Å². The third-order valence-electron chi connectivity index (χ3n) is 6.96. The van der Waals surface area contributed by atoms with Crippen molar-refractivity contribution < 1.29 is 19.4 Å². The second-order valence-electron chi connectivity index (χ2n) is 9.77. The topological polar surface area (TPSA) is 111 Å². The number of carboxylic acid groups (broad SMARTS) is 1. The number of aromatic nitrogens is 2. The van der Waals surface area contributed by atoms with Crippen LogP contribution >= 0.6 is 0 Å². The number of nitrogens with one attached hydrogen (secondary N) is 2. The number of hydrogen-bond acceptors (Lipinski definition) is 7. The van der Waals surface area contributed by atoms with E-state index in [9.17, 15) is 14.7 Å². The molecule has 0 amide bonds. The molecule has 5 rings (SSSR count). The van der Waals surface area contributed by atoms with Gasteiger partial charge in [0.25, 0.3) is 0 Å². The zero-order valence-corrected chi connectivity index (χ0v) is 21.2. The van der Waals surface area contributed by atoms with Crippen molar-refractivity contribution in [3.8, 4) is 0 Å². The average Bonchev–Trinajstić information content (AvgIpc) is 3.42. The molecule has 0 atom stereocenters. The van der Waals surface area contributed by atoms with Gasteiger partial charge in [-0.15, -0.1) is 0 Å². The third-order valence-corrected chi connectivity index (χ3v) is 6.96. The third kappa shape index (κ3) is 5.14. The molecule has 1 saturated heterocycles. The Hall–Kier alpha value is -3.95. The minimum atomic E-state index is -1.34. The van der Waals surface area contributed by atoms with Crippen molar-refractivity contribution in [1.82, 2.24) is 19.8 Å². The smallest absolute Gasteiger partial charge is 0.345 e. The molecule has 2 aromatic heterocycles. The van der Waals surface area contributed by atoms with Gasteiger partial charge in [0, 0.05) is 67.8 Å². The summed E-state index contributed by atoms with van der Waals surface area (Å²) in [4.78, 5) is 37.1. The highest BCUT2D eigenvalue weighted by Crippen LogP contribution is 2.31. The molecular weight excluding hydrogens is 470 g/mol. The molecule has 4 heterocycles. The Morgan fingerprint density at radius 1 is 1.24 bits per heavy atom. The van der Waals surface area contributed by atoms with Gasteiger partial charge in [0.1, 0.15) is 5.65 Å². The van der Waals surface area contributed by atoms with Crippen molar-refractivity contribution in [2.45, 2.75) is 33.4 Å². The Kier molecular flexibility index (Phi) is 6.82. The molecule has 3 N–H and O–H groups in total. The Bertz CT molecular complexity index is 1410. The number of fused-ring (bicyclic) bond motifs is 1. The van der Waals surface area contributed by atoms with Gasteiger partial charge in [0.15, 0.2) is 11.3 Å². The van der Waals surface area contributed by atoms with E-state index in [1.54, 1.807) is 18.5 Å². The van der Waals surface area contributed by atoms with Gasteiger partial charge in [-0.25, -0.2) is 9.78 Å². The molecule has 192 valence electrons. The summed E-state index contributed by atoms with van der Waals surface area (Å²) in [5.41, 5.74) is 3.75. The summed E-state index contributed by atoms with van der Waals surface area (Å²) in [6, 6.07) is 10.2. The number of allylic oxidation sites excluding steroid dienone is 1. The molecule has 9 nitrogen and oxygen atoms in total. The highest BCUT2D eigenvalue weighted by Gasteiger charge is 2.36. The number of aliphatic carboxylic acids is 1. The second-order valence-corrected chi connectivity index (χ2v) is 9.77. The van der Waals surface area contributed by atoms with E-state index in [1.807, 2.05) is 25.1 Å². The fraction of sp³-hybridized carbons (Fsp3) is 0.321. The summed E-state index contributed by atoms with van der Waals surface area (Å²) in [5, 5.41) is 13.6. The van der Waals surface area contributed by atoms with Gasteiger partial charge in [-0.3, -0.25) is 14.6 Å². The SMILES string of the molecule is Cc1cc(CN2CCN(C(C)C)CC2)ccc1NC1=C(C(=O)O)C(=O)C(=Cc2c[nH]c3ncccc23)O1. The maximum absolute atomic E-state index is 12.9. The Labute approximate surface area is 215 Å². The van der Waals surface area contributed by atoms with E-state index in [0.29, 0.717) is 22.9 Å². The van der Waals surface area contributed by atoms with Crippen LogP contribution in [-0.4, -0.2) is 68.8 Å². The first-order valence-electron chi connectivity index (χ1n) is 12.5. The lowest BCUT2D eigenvalue weighted by Gasteiger charge is -2.37. The Morgan fingerprint density at radius 3 is 2.73 bits per heavy atom. The molecule has 0 bridgehead atoms. The van der Waals surface area contributed by atoms with Crippen LogP contribution in [0.2, 0.25) is 0 Å². The lowest BCUT2D eigenvalue weighted by molar-refractivity contribution is -0.134. The van der Waals surface area contributed by atoms with Crippen molar-refractivity contribution in [1.29, 1.82) is 0 Å². The maximum atomic E-state index is 12.9. The molecule has 37 heavy (non-hydrogen) atoms. The van der Waals surface area contributed by atoms with Crippen molar-refractivity contribution in [3.05, 3.63) is 76.6 Å². The van der Waals surface area contributed by atoms with Crippen LogP contribution in [0.5, 0.6) is 0 Å². The number of Topliss-reactive ketones (excluding diaryl/α,β-unsaturated/α-hetero) is 1. The molecule has 0 spiro atoms. The Balaban J connectivity index is 1.31. The fourth-order valence-electron chi connectivity index (χ4n) is 4.83. The van der Waals surface area contributed by atoms with E-state index in [4.69, 9.17) is 4.74 Å². The van der Waals surface area contributed by atoms with E-state index in [-0.39, 0.29) is 11.6 Å². The normalized spacial score (nSPS) is 18.3. The standard InChI is InChI=1S/C28H31N5O4/c1-17(2)33-11-9-32(10-12-33)16-19-6-7-22(18(3)13-19)31-27-24(28(35)36)25(34)23(37-27)14-20-15-30-26-21(20)5-4-8-29-26/h4-8,13-15,17,31H,9-12,16H2,1-3H3,(H,29,30)(H,35,36). The monoisotopic (exact) mass is 501 g/mol. The zero-order valence-electron chi connectivity index (χ0n) is 21.2. The number of aromatic amines is 1. The van der Waals surface area contributed by atoms with Crippen LogP contribution in [0.3, 0.4) is 0 Å². The van der Waals surface area contributed by atoms with E-state index < -0.39 is 17.3 Å². The number of nitrogens with zero attached hydrogens (tertiary/aromatic N) is 3. The van der Waals surface area contributed by atoms with Gasteiger partial charge in [-0.1, -0.05) is 12.1 Å². The molecule has 0 saturated carbocycles. The van der Waals surface area contributed by atoms with Crippen molar-refractivity contribution in [2.75, 3.05) is 31.5 Å². The van der Waals surface area contributed by atoms with Gasteiger partial charge in [-0.05, 0) is 56.2 Å². The summed E-state index contributed by atoms with van der Waals surface area (Å²) in [5.74, 6) is -2.16.